The molecule has 0 aliphatic carbocycles. The first kappa shape index (κ1) is 7.68. The highest BCUT2D eigenvalue weighted by Gasteiger charge is 2.16. The Bertz CT molecular complexity index is 314. The van der Waals surface area contributed by atoms with Gasteiger partial charge in [0.1, 0.15) is 19.0 Å². The van der Waals surface area contributed by atoms with Gasteiger partial charge < -0.3 is 9.47 Å². The highest BCUT2D eigenvalue weighted by atomic mass is 35.5. The van der Waals surface area contributed by atoms with E-state index in [1.165, 1.54) is 12.1 Å². The first-order chi connectivity index (χ1) is 5.77. The molecule has 0 amide bonds. The molecule has 1 aliphatic rings. The lowest BCUT2D eigenvalue weighted by molar-refractivity contribution is 0.171. The summed E-state index contributed by atoms with van der Waals surface area (Å²) in [5, 5.41) is 0.254. The molecule has 2 nitrogen and oxygen atoms in total. The summed E-state index contributed by atoms with van der Waals surface area (Å²) in [4.78, 5) is 0. The SMILES string of the molecule is Fc1cc(Cl)c2c(c1)OCCO2. The van der Waals surface area contributed by atoms with Crippen LogP contribution in [0.2, 0.25) is 5.02 Å². The number of hydrogen-bond acceptors (Lipinski definition) is 2. The van der Waals surface area contributed by atoms with E-state index in [1.807, 2.05) is 0 Å². The van der Waals surface area contributed by atoms with Crippen molar-refractivity contribution in [2.75, 3.05) is 13.2 Å². The van der Waals surface area contributed by atoms with Gasteiger partial charge in [-0.2, -0.15) is 0 Å². The molecule has 1 aromatic carbocycles. The molecule has 0 N–H and O–H groups in total. The lowest BCUT2D eigenvalue weighted by Gasteiger charge is -2.18. The zero-order valence-electron chi connectivity index (χ0n) is 6.14. The fourth-order valence-corrected chi connectivity index (χ4v) is 1.33. The lowest BCUT2D eigenvalue weighted by Crippen LogP contribution is -2.15. The molecule has 0 spiro atoms. The Kier molecular flexibility index (Phi) is 1.81. The summed E-state index contributed by atoms with van der Waals surface area (Å²) in [6, 6.07) is 2.47. The van der Waals surface area contributed by atoms with E-state index in [1.54, 1.807) is 0 Å². The van der Waals surface area contributed by atoms with Gasteiger partial charge in [0.05, 0.1) is 5.02 Å². The molecule has 12 heavy (non-hydrogen) atoms. The number of rotatable bonds is 0. The van der Waals surface area contributed by atoms with Crippen molar-refractivity contribution in [2.24, 2.45) is 0 Å². The molecule has 0 radical (unpaired) electrons. The van der Waals surface area contributed by atoms with E-state index >= 15 is 0 Å². The molecule has 1 aliphatic heterocycles. The Morgan fingerprint density at radius 2 is 2.00 bits per heavy atom. The van der Waals surface area contributed by atoms with Crippen molar-refractivity contribution >= 4 is 11.6 Å². The van der Waals surface area contributed by atoms with Crippen LogP contribution >= 0.6 is 11.6 Å². The van der Waals surface area contributed by atoms with Gasteiger partial charge in [-0.15, -0.1) is 0 Å². The molecule has 2 rings (SSSR count). The van der Waals surface area contributed by atoms with Crippen LogP contribution in [0, 0.1) is 5.82 Å². The van der Waals surface area contributed by atoms with Gasteiger partial charge in [0.25, 0.3) is 0 Å². The summed E-state index contributed by atoms with van der Waals surface area (Å²) < 4.78 is 23.1. The molecule has 0 aromatic heterocycles. The molecule has 0 saturated carbocycles. The van der Waals surface area contributed by atoms with Crippen LogP contribution < -0.4 is 9.47 Å². The van der Waals surface area contributed by atoms with Crippen molar-refractivity contribution in [2.45, 2.75) is 0 Å². The summed E-state index contributed by atoms with van der Waals surface area (Å²) in [7, 11) is 0. The van der Waals surface area contributed by atoms with Gasteiger partial charge in [-0.05, 0) is 6.07 Å². The quantitative estimate of drug-likeness (QED) is 0.622. The monoisotopic (exact) mass is 188 g/mol. The molecule has 1 heterocycles. The van der Waals surface area contributed by atoms with Crippen LogP contribution in [0.1, 0.15) is 0 Å². The lowest BCUT2D eigenvalue weighted by atomic mass is 10.3. The van der Waals surface area contributed by atoms with Crippen LogP contribution in [0.5, 0.6) is 11.5 Å². The van der Waals surface area contributed by atoms with Crippen molar-refractivity contribution in [3.63, 3.8) is 0 Å². The van der Waals surface area contributed by atoms with E-state index in [0.29, 0.717) is 24.7 Å². The first-order valence-electron chi connectivity index (χ1n) is 3.52. The molecular formula is C8H6ClFO2. The minimum Gasteiger partial charge on any atom is -0.486 e. The number of hydrogen-bond donors (Lipinski definition) is 0. The fraction of sp³-hybridized carbons (Fsp3) is 0.250. The summed E-state index contributed by atoms with van der Waals surface area (Å²) in [6.07, 6.45) is 0. The normalized spacial score (nSPS) is 14.5. The van der Waals surface area contributed by atoms with E-state index < -0.39 is 5.82 Å². The number of halogens is 2. The van der Waals surface area contributed by atoms with Gasteiger partial charge in [-0.3, -0.25) is 0 Å². The molecule has 64 valence electrons. The van der Waals surface area contributed by atoms with Gasteiger partial charge in [-0.25, -0.2) is 4.39 Å². The second-order valence-corrected chi connectivity index (χ2v) is 2.82. The molecular weight excluding hydrogens is 183 g/mol. The summed E-state index contributed by atoms with van der Waals surface area (Å²) in [6.45, 7) is 0.894. The second kappa shape index (κ2) is 2.83. The maximum Gasteiger partial charge on any atom is 0.180 e. The predicted molar refractivity (Wildman–Crippen MR) is 42.4 cm³/mol. The topological polar surface area (TPSA) is 18.5 Å². The van der Waals surface area contributed by atoms with Crippen molar-refractivity contribution in [3.05, 3.63) is 23.0 Å². The van der Waals surface area contributed by atoms with Crippen LogP contribution in [-0.4, -0.2) is 13.2 Å². The minimum absolute atomic E-state index is 0.254. The molecule has 0 saturated heterocycles. The van der Waals surface area contributed by atoms with Crippen LogP contribution in [0.4, 0.5) is 4.39 Å². The van der Waals surface area contributed by atoms with Crippen LogP contribution in [0.25, 0.3) is 0 Å². The third-order valence-electron chi connectivity index (χ3n) is 1.56. The van der Waals surface area contributed by atoms with Crippen molar-refractivity contribution in [1.82, 2.24) is 0 Å². The number of benzene rings is 1. The minimum atomic E-state index is -0.413. The van der Waals surface area contributed by atoms with Gasteiger partial charge in [0, 0.05) is 6.07 Å². The van der Waals surface area contributed by atoms with Crippen LogP contribution in [-0.2, 0) is 0 Å². The molecule has 0 unspecified atom stereocenters. The Hall–Kier alpha value is -0.960. The number of ether oxygens (including phenoxy) is 2. The smallest absolute Gasteiger partial charge is 0.180 e. The van der Waals surface area contributed by atoms with E-state index in [2.05, 4.69) is 0 Å². The molecule has 1 aromatic rings. The van der Waals surface area contributed by atoms with E-state index in [4.69, 9.17) is 21.1 Å². The molecule has 4 heteroatoms. The summed E-state index contributed by atoms with van der Waals surface area (Å²) in [5.74, 6) is 0.403. The van der Waals surface area contributed by atoms with Crippen molar-refractivity contribution in [3.8, 4) is 11.5 Å². The second-order valence-electron chi connectivity index (χ2n) is 2.41. The Labute approximate surface area is 73.9 Å². The van der Waals surface area contributed by atoms with E-state index in [-0.39, 0.29) is 5.02 Å². The van der Waals surface area contributed by atoms with Gasteiger partial charge in [0.15, 0.2) is 11.5 Å². The standard InChI is InChI=1S/C8H6ClFO2/c9-6-3-5(10)4-7-8(6)12-2-1-11-7/h3-4H,1-2H2. The summed E-state index contributed by atoms with van der Waals surface area (Å²) >= 11 is 5.70. The van der Waals surface area contributed by atoms with Crippen molar-refractivity contribution in [1.29, 1.82) is 0 Å². The maximum atomic E-state index is 12.7. The fourth-order valence-electron chi connectivity index (χ4n) is 1.08. The molecule has 0 fully saturated rings. The zero-order valence-corrected chi connectivity index (χ0v) is 6.90. The summed E-state index contributed by atoms with van der Waals surface area (Å²) in [5.41, 5.74) is 0. The van der Waals surface area contributed by atoms with Crippen LogP contribution in [0.15, 0.2) is 12.1 Å². The Balaban J connectivity index is 2.53. The zero-order chi connectivity index (χ0) is 8.55. The average molecular weight is 189 g/mol. The van der Waals surface area contributed by atoms with Crippen LogP contribution in [0.3, 0.4) is 0 Å². The van der Waals surface area contributed by atoms with Gasteiger partial charge >= 0.3 is 0 Å². The first-order valence-corrected chi connectivity index (χ1v) is 3.90. The van der Waals surface area contributed by atoms with E-state index in [0.717, 1.165) is 0 Å². The van der Waals surface area contributed by atoms with Gasteiger partial charge in [-0.1, -0.05) is 11.6 Å². The maximum absolute atomic E-state index is 12.7. The highest BCUT2D eigenvalue weighted by Crippen LogP contribution is 2.37. The Morgan fingerprint density at radius 3 is 2.83 bits per heavy atom. The van der Waals surface area contributed by atoms with Crippen molar-refractivity contribution < 1.29 is 13.9 Å². The average Bonchev–Trinajstić information content (AvgIpc) is 2.04. The van der Waals surface area contributed by atoms with Gasteiger partial charge in [0.2, 0.25) is 0 Å². The molecule has 0 bridgehead atoms. The third kappa shape index (κ3) is 1.20. The number of fused-ring (bicyclic) bond motifs is 1. The highest BCUT2D eigenvalue weighted by molar-refractivity contribution is 6.32. The van der Waals surface area contributed by atoms with E-state index in [9.17, 15) is 4.39 Å². The predicted octanol–water partition coefficient (Wildman–Crippen LogP) is 2.25. The Morgan fingerprint density at radius 1 is 1.25 bits per heavy atom. The largest absolute Gasteiger partial charge is 0.486 e. The molecule has 0 atom stereocenters. The third-order valence-corrected chi connectivity index (χ3v) is 1.84.